The molecule has 1 aliphatic heterocycles. The van der Waals surface area contributed by atoms with Crippen molar-refractivity contribution in [2.45, 2.75) is 19.5 Å². The molecule has 0 aromatic heterocycles. The van der Waals surface area contributed by atoms with Crippen molar-refractivity contribution in [3.63, 3.8) is 0 Å². The van der Waals surface area contributed by atoms with Gasteiger partial charge in [-0.05, 0) is 5.56 Å². The topological polar surface area (TPSA) is 66.6 Å². The highest BCUT2D eigenvalue weighted by molar-refractivity contribution is 5.86. The number of carbonyl (C=O) groups is 2. The number of benzene rings is 1. The lowest BCUT2D eigenvalue weighted by atomic mass is 10.1. The number of hydrogen-bond acceptors (Lipinski definition) is 3. The van der Waals surface area contributed by atoms with Gasteiger partial charge in [0.25, 0.3) is 0 Å². The Hall–Kier alpha value is -1.88. The monoisotopic (exact) mass is 261 g/mol. The molecule has 102 valence electrons. The number of piperazine rings is 1. The number of primary amides is 1. The van der Waals surface area contributed by atoms with Crippen molar-refractivity contribution in [2.24, 2.45) is 5.73 Å². The maximum absolute atomic E-state index is 11.5. The van der Waals surface area contributed by atoms with Crippen LogP contribution in [0.1, 0.15) is 12.5 Å². The Kier molecular flexibility index (Phi) is 4.16. The molecule has 0 spiro atoms. The van der Waals surface area contributed by atoms with E-state index in [-0.39, 0.29) is 5.91 Å². The van der Waals surface area contributed by atoms with Crippen molar-refractivity contribution < 1.29 is 9.59 Å². The van der Waals surface area contributed by atoms with Crippen LogP contribution in [0, 0.1) is 0 Å². The van der Waals surface area contributed by atoms with Crippen molar-refractivity contribution in [3.8, 4) is 0 Å². The van der Waals surface area contributed by atoms with Gasteiger partial charge in [-0.15, -0.1) is 0 Å². The van der Waals surface area contributed by atoms with Crippen LogP contribution in [-0.4, -0.2) is 47.3 Å². The van der Waals surface area contributed by atoms with E-state index in [4.69, 9.17) is 5.73 Å². The van der Waals surface area contributed by atoms with Gasteiger partial charge < -0.3 is 10.6 Å². The molecule has 0 radical (unpaired) electrons. The molecule has 1 heterocycles. The summed E-state index contributed by atoms with van der Waals surface area (Å²) in [5.74, 6) is -0.531. The van der Waals surface area contributed by atoms with E-state index in [1.54, 1.807) is 4.90 Å². The second-order valence-corrected chi connectivity index (χ2v) is 4.85. The van der Waals surface area contributed by atoms with E-state index in [9.17, 15) is 9.59 Å². The quantitative estimate of drug-likeness (QED) is 0.845. The molecule has 2 N–H and O–H groups in total. The summed E-state index contributed by atoms with van der Waals surface area (Å²) < 4.78 is 0. The maximum Gasteiger partial charge on any atom is 0.241 e. The normalized spacial score (nSPS) is 20.3. The number of amides is 2. The molecule has 5 heteroatoms. The SMILES string of the molecule is CC(=O)N1CCN(Cc2ccccc2)C[C@@H]1C(N)=O. The van der Waals surface area contributed by atoms with E-state index in [0.717, 1.165) is 13.1 Å². The third-order valence-corrected chi connectivity index (χ3v) is 3.45. The average Bonchev–Trinajstić information content (AvgIpc) is 2.39. The van der Waals surface area contributed by atoms with Crippen LogP contribution < -0.4 is 5.73 Å². The minimum atomic E-state index is -0.519. The summed E-state index contributed by atoms with van der Waals surface area (Å²) in [6.45, 7) is 4.07. The third-order valence-electron chi connectivity index (χ3n) is 3.45. The number of nitrogens with zero attached hydrogens (tertiary/aromatic N) is 2. The summed E-state index contributed by atoms with van der Waals surface area (Å²) in [4.78, 5) is 26.7. The Morgan fingerprint density at radius 3 is 2.53 bits per heavy atom. The first-order valence-corrected chi connectivity index (χ1v) is 6.40. The second kappa shape index (κ2) is 5.84. The van der Waals surface area contributed by atoms with Crippen LogP contribution in [0.2, 0.25) is 0 Å². The molecule has 19 heavy (non-hydrogen) atoms. The second-order valence-electron chi connectivity index (χ2n) is 4.85. The Labute approximate surface area is 113 Å². The van der Waals surface area contributed by atoms with Crippen LogP contribution in [0.4, 0.5) is 0 Å². The van der Waals surface area contributed by atoms with Crippen LogP contribution in [0.15, 0.2) is 30.3 Å². The summed E-state index contributed by atoms with van der Waals surface area (Å²) in [6, 6.07) is 9.55. The van der Waals surface area contributed by atoms with Gasteiger partial charge in [-0.2, -0.15) is 0 Å². The van der Waals surface area contributed by atoms with Gasteiger partial charge in [-0.1, -0.05) is 30.3 Å². The predicted molar refractivity (Wildman–Crippen MR) is 72.1 cm³/mol. The molecular weight excluding hydrogens is 242 g/mol. The van der Waals surface area contributed by atoms with Gasteiger partial charge in [0.1, 0.15) is 6.04 Å². The molecule has 2 amide bonds. The molecule has 1 aromatic rings. The number of hydrogen-bond donors (Lipinski definition) is 1. The van der Waals surface area contributed by atoms with E-state index in [1.807, 2.05) is 18.2 Å². The summed E-state index contributed by atoms with van der Waals surface area (Å²) >= 11 is 0. The Bertz CT molecular complexity index is 461. The van der Waals surface area contributed by atoms with E-state index in [0.29, 0.717) is 13.1 Å². The molecule has 1 atom stereocenters. The standard InChI is InChI=1S/C14H19N3O2/c1-11(18)17-8-7-16(10-13(17)14(15)19)9-12-5-3-2-4-6-12/h2-6,13H,7-10H2,1H3,(H2,15,19)/t13-/m1/s1. The number of rotatable bonds is 3. The summed E-state index contributed by atoms with van der Waals surface area (Å²) in [7, 11) is 0. The van der Waals surface area contributed by atoms with Crippen molar-refractivity contribution in [1.82, 2.24) is 9.80 Å². The molecule has 2 rings (SSSR count). The smallest absolute Gasteiger partial charge is 0.241 e. The van der Waals surface area contributed by atoms with E-state index in [1.165, 1.54) is 12.5 Å². The molecule has 0 unspecified atom stereocenters. The first-order chi connectivity index (χ1) is 9.08. The van der Waals surface area contributed by atoms with Gasteiger partial charge in [0.2, 0.25) is 11.8 Å². The minimum absolute atomic E-state index is 0.0943. The van der Waals surface area contributed by atoms with Crippen molar-refractivity contribution >= 4 is 11.8 Å². The van der Waals surface area contributed by atoms with Gasteiger partial charge in [-0.3, -0.25) is 14.5 Å². The molecule has 0 bridgehead atoms. The summed E-state index contributed by atoms with van der Waals surface area (Å²) in [5, 5.41) is 0. The highest BCUT2D eigenvalue weighted by Crippen LogP contribution is 2.13. The summed E-state index contributed by atoms with van der Waals surface area (Å²) in [5.41, 5.74) is 6.59. The first kappa shape index (κ1) is 13.5. The zero-order chi connectivity index (χ0) is 13.8. The molecule has 1 aromatic carbocycles. The largest absolute Gasteiger partial charge is 0.368 e. The van der Waals surface area contributed by atoms with E-state index in [2.05, 4.69) is 17.0 Å². The first-order valence-electron chi connectivity index (χ1n) is 6.40. The van der Waals surface area contributed by atoms with E-state index >= 15 is 0 Å². The van der Waals surface area contributed by atoms with Gasteiger partial charge in [0.05, 0.1) is 0 Å². The number of carbonyl (C=O) groups excluding carboxylic acids is 2. The van der Waals surface area contributed by atoms with Gasteiger partial charge >= 0.3 is 0 Å². The molecule has 1 fully saturated rings. The summed E-state index contributed by atoms with van der Waals surface area (Å²) in [6.07, 6.45) is 0. The molecule has 1 saturated heterocycles. The third kappa shape index (κ3) is 3.32. The van der Waals surface area contributed by atoms with Crippen molar-refractivity contribution in [2.75, 3.05) is 19.6 Å². The van der Waals surface area contributed by atoms with Gasteiger partial charge in [-0.25, -0.2) is 0 Å². The molecule has 0 aliphatic carbocycles. The van der Waals surface area contributed by atoms with Crippen LogP contribution in [0.25, 0.3) is 0 Å². The fourth-order valence-electron chi connectivity index (χ4n) is 2.45. The average molecular weight is 261 g/mol. The van der Waals surface area contributed by atoms with Gasteiger partial charge in [0.15, 0.2) is 0 Å². The Morgan fingerprint density at radius 2 is 1.95 bits per heavy atom. The van der Waals surface area contributed by atoms with Crippen molar-refractivity contribution in [1.29, 1.82) is 0 Å². The van der Waals surface area contributed by atoms with Gasteiger partial charge in [0, 0.05) is 33.1 Å². The van der Waals surface area contributed by atoms with Crippen molar-refractivity contribution in [3.05, 3.63) is 35.9 Å². The molecule has 0 saturated carbocycles. The lowest BCUT2D eigenvalue weighted by molar-refractivity contribution is -0.141. The zero-order valence-corrected chi connectivity index (χ0v) is 11.1. The Balaban J connectivity index is 2.03. The predicted octanol–water partition coefficient (Wildman–Crippen LogP) is 0.205. The number of nitrogens with two attached hydrogens (primary N) is 1. The molecule has 5 nitrogen and oxygen atoms in total. The highest BCUT2D eigenvalue weighted by atomic mass is 16.2. The minimum Gasteiger partial charge on any atom is -0.368 e. The maximum atomic E-state index is 11.5. The van der Waals surface area contributed by atoms with Crippen LogP contribution in [0.3, 0.4) is 0 Å². The van der Waals surface area contributed by atoms with Crippen LogP contribution >= 0.6 is 0 Å². The molecular formula is C14H19N3O2. The lowest BCUT2D eigenvalue weighted by Crippen LogP contribution is -2.59. The zero-order valence-electron chi connectivity index (χ0n) is 11.1. The Morgan fingerprint density at radius 1 is 1.26 bits per heavy atom. The fraction of sp³-hybridized carbons (Fsp3) is 0.429. The molecule has 1 aliphatic rings. The van der Waals surface area contributed by atoms with E-state index < -0.39 is 11.9 Å². The fourth-order valence-corrected chi connectivity index (χ4v) is 2.45. The van der Waals surface area contributed by atoms with Crippen LogP contribution in [0.5, 0.6) is 0 Å². The van der Waals surface area contributed by atoms with Crippen LogP contribution in [-0.2, 0) is 16.1 Å². The highest BCUT2D eigenvalue weighted by Gasteiger charge is 2.32. The lowest BCUT2D eigenvalue weighted by Gasteiger charge is -2.39.